The Morgan fingerprint density at radius 3 is 2.43 bits per heavy atom. The predicted octanol–water partition coefficient (Wildman–Crippen LogP) is 1.53. The van der Waals surface area contributed by atoms with Gasteiger partial charge in [-0.1, -0.05) is 17.7 Å². The van der Waals surface area contributed by atoms with Crippen LogP contribution in [0.15, 0.2) is 24.3 Å². The Hall–Kier alpha value is -2.04. The highest BCUT2D eigenvalue weighted by atomic mass is 16.2. The summed E-state index contributed by atoms with van der Waals surface area (Å²) in [6.45, 7) is 6.33. The highest BCUT2D eigenvalue weighted by molar-refractivity contribution is 5.94. The zero-order chi connectivity index (χ0) is 15.6. The van der Waals surface area contributed by atoms with E-state index < -0.39 is 11.6 Å². The summed E-state index contributed by atoms with van der Waals surface area (Å²) in [5.41, 5.74) is 1.27. The molecule has 1 atom stereocenters. The van der Waals surface area contributed by atoms with E-state index in [-0.39, 0.29) is 11.8 Å². The summed E-state index contributed by atoms with van der Waals surface area (Å²) in [7, 11) is 1.75. The molecule has 1 fully saturated rings. The van der Waals surface area contributed by atoms with Crippen LogP contribution in [0.1, 0.15) is 25.8 Å². The molecule has 2 N–H and O–H groups in total. The van der Waals surface area contributed by atoms with Crippen molar-refractivity contribution in [1.82, 2.24) is 10.2 Å². The van der Waals surface area contributed by atoms with E-state index in [0.29, 0.717) is 13.0 Å². The predicted molar refractivity (Wildman–Crippen MR) is 83.1 cm³/mol. The van der Waals surface area contributed by atoms with Crippen LogP contribution in [0.2, 0.25) is 0 Å². The van der Waals surface area contributed by atoms with Gasteiger partial charge in [0.25, 0.3) is 0 Å². The maximum absolute atomic E-state index is 12.4. The van der Waals surface area contributed by atoms with Crippen LogP contribution in [0.3, 0.4) is 0 Å². The number of rotatable bonds is 4. The number of hydrogen-bond donors (Lipinski definition) is 2. The Kier molecular flexibility index (Phi) is 4.21. The van der Waals surface area contributed by atoms with Crippen LogP contribution in [-0.2, 0) is 9.59 Å². The SMILES string of the molecule is Cc1ccc(NC(C)(C)C(=O)NC2CCN(C)C2=O)cc1. The van der Waals surface area contributed by atoms with E-state index in [4.69, 9.17) is 0 Å². The summed E-state index contributed by atoms with van der Waals surface area (Å²) in [5, 5.41) is 6.05. The van der Waals surface area contributed by atoms with Crippen LogP contribution in [0.25, 0.3) is 0 Å². The number of carbonyl (C=O) groups excluding carboxylic acids is 2. The zero-order valence-electron chi connectivity index (χ0n) is 13.1. The lowest BCUT2D eigenvalue weighted by Gasteiger charge is -2.27. The number of aryl methyl sites for hydroxylation is 1. The third kappa shape index (κ3) is 3.54. The lowest BCUT2D eigenvalue weighted by atomic mass is 10.0. The third-order valence-corrected chi connectivity index (χ3v) is 3.81. The molecule has 0 spiro atoms. The van der Waals surface area contributed by atoms with Gasteiger partial charge in [-0.3, -0.25) is 9.59 Å². The van der Waals surface area contributed by atoms with Gasteiger partial charge in [-0.15, -0.1) is 0 Å². The number of carbonyl (C=O) groups is 2. The molecule has 1 aromatic carbocycles. The third-order valence-electron chi connectivity index (χ3n) is 3.81. The van der Waals surface area contributed by atoms with Crippen molar-refractivity contribution in [3.63, 3.8) is 0 Å². The molecule has 1 aromatic rings. The van der Waals surface area contributed by atoms with Gasteiger partial charge >= 0.3 is 0 Å². The molecule has 1 aliphatic heterocycles. The van der Waals surface area contributed by atoms with E-state index in [1.807, 2.05) is 45.0 Å². The summed E-state index contributed by atoms with van der Waals surface area (Å²) >= 11 is 0. The molecule has 21 heavy (non-hydrogen) atoms. The van der Waals surface area contributed by atoms with Gasteiger partial charge in [-0.25, -0.2) is 0 Å². The Bertz CT molecular complexity index is 537. The molecule has 1 heterocycles. The quantitative estimate of drug-likeness (QED) is 0.883. The first kappa shape index (κ1) is 15.4. The standard InChI is InChI=1S/C16H23N3O2/c1-11-5-7-12(8-6-11)18-16(2,3)15(21)17-13-9-10-19(4)14(13)20/h5-8,13,18H,9-10H2,1-4H3,(H,17,21). The van der Waals surface area contributed by atoms with Gasteiger partial charge in [-0.2, -0.15) is 0 Å². The molecule has 2 amide bonds. The maximum Gasteiger partial charge on any atom is 0.245 e. The normalized spacial score (nSPS) is 18.8. The van der Waals surface area contributed by atoms with Crippen LogP contribution in [0.5, 0.6) is 0 Å². The van der Waals surface area contributed by atoms with Gasteiger partial charge in [-0.05, 0) is 39.3 Å². The summed E-state index contributed by atoms with van der Waals surface area (Å²) < 4.78 is 0. The highest BCUT2D eigenvalue weighted by Crippen LogP contribution is 2.17. The Labute approximate surface area is 125 Å². The minimum atomic E-state index is -0.781. The monoisotopic (exact) mass is 289 g/mol. The molecule has 0 bridgehead atoms. The van der Waals surface area contributed by atoms with Crippen molar-refractivity contribution < 1.29 is 9.59 Å². The Morgan fingerprint density at radius 1 is 1.29 bits per heavy atom. The first-order valence-corrected chi connectivity index (χ1v) is 7.20. The van der Waals surface area contributed by atoms with Gasteiger partial charge in [0, 0.05) is 19.3 Å². The van der Waals surface area contributed by atoms with Crippen LogP contribution < -0.4 is 10.6 Å². The molecule has 5 heteroatoms. The zero-order valence-corrected chi connectivity index (χ0v) is 13.1. The van der Waals surface area contributed by atoms with Gasteiger partial charge in [0.1, 0.15) is 11.6 Å². The van der Waals surface area contributed by atoms with Crippen molar-refractivity contribution in [2.24, 2.45) is 0 Å². The molecule has 2 rings (SSSR count). The van der Waals surface area contributed by atoms with Crippen molar-refractivity contribution in [1.29, 1.82) is 0 Å². The number of nitrogens with one attached hydrogen (secondary N) is 2. The van der Waals surface area contributed by atoms with E-state index in [1.165, 1.54) is 5.56 Å². The van der Waals surface area contributed by atoms with Crippen molar-refractivity contribution in [3.05, 3.63) is 29.8 Å². The minimum absolute atomic E-state index is 0.0190. The van der Waals surface area contributed by atoms with Crippen LogP contribution in [0.4, 0.5) is 5.69 Å². The largest absolute Gasteiger partial charge is 0.372 e. The first-order chi connectivity index (χ1) is 9.79. The van der Waals surface area contributed by atoms with Gasteiger partial charge in [0.05, 0.1) is 0 Å². The molecule has 5 nitrogen and oxygen atoms in total. The maximum atomic E-state index is 12.4. The lowest BCUT2D eigenvalue weighted by molar-refractivity contribution is -0.133. The Balaban J connectivity index is 2.00. The fraction of sp³-hybridized carbons (Fsp3) is 0.500. The summed E-state index contributed by atoms with van der Waals surface area (Å²) in [6.07, 6.45) is 0.668. The van der Waals surface area contributed by atoms with E-state index in [9.17, 15) is 9.59 Å². The minimum Gasteiger partial charge on any atom is -0.372 e. The van der Waals surface area contributed by atoms with E-state index in [2.05, 4.69) is 10.6 Å². The molecule has 0 saturated carbocycles. The van der Waals surface area contributed by atoms with Crippen LogP contribution in [-0.4, -0.2) is 41.9 Å². The molecule has 0 radical (unpaired) electrons. The van der Waals surface area contributed by atoms with E-state index in [1.54, 1.807) is 11.9 Å². The van der Waals surface area contributed by atoms with Gasteiger partial charge < -0.3 is 15.5 Å². The highest BCUT2D eigenvalue weighted by Gasteiger charge is 2.35. The van der Waals surface area contributed by atoms with Crippen LogP contribution >= 0.6 is 0 Å². The summed E-state index contributed by atoms with van der Waals surface area (Å²) in [5.74, 6) is -0.189. The molecular weight excluding hydrogens is 266 g/mol. The second-order valence-electron chi connectivity index (χ2n) is 6.19. The number of anilines is 1. The van der Waals surface area contributed by atoms with Crippen molar-refractivity contribution in [2.75, 3.05) is 18.9 Å². The number of amides is 2. The Morgan fingerprint density at radius 2 is 1.90 bits per heavy atom. The number of hydrogen-bond acceptors (Lipinski definition) is 3. The van der Waals surface area contributed by atoms with Gasteiger partial charge in [0.2, 0.25) is 11.8 Å². The average Bonchev–Trinajstić information content (AvgIpc) is 2.73. The second-order valence-corrected chi connectivity index (χ2v) is 6.19. The number of benzene rings is 1. The molecule has 1 saturated heterocycles. The topological polar surface area (TPSA) is 61.4 Å². The number of likely N-dealkylation sites (tertiary alicyclic amines) is 1. The number of likely N-dealkylation sites (N-methyl/N-ethyl adjacent to an activating group) is 1. The fourth-order valence-corrected chi connectivity index (χ4v) is 2.35. The fourth-order valence-electron chi connectivity index (χ4n) is 2.35. The average molecular weight is 289 g/mol. The van der Waals surface area contributed by atoms with Crippen LogP contribution in [0, 0.1) is 6.92 Å². The van der Waals surface area contributed by atoms with E-state index >= 15 is 0 Å². The summed E-state index contributed by atoms with van der Waals surface area (Å²) in [4.78, 5) is 25.9. The lowest BCUT2D eigenvalue weighted by Crippen LogP contribution is -2.52. The molecule has 1 aliphatic rings. The van der Waals surface area contributed by atoms with Crippen molar-refractivity contribution >= 4 is 17.5 Å². The first-order valence-electron chi connectivity index (χ1n) is 7.20. The molecule has 0 aromatic heterocycles. The second kappa shape index (κ2) is 5.76. The molecule has 0 aliphatic carbocycles. The van der Waals surface area contributed by atoms with Crippen molar-refractivity contribution in [3.8, 4) is 0 Å². The van der Waals surface area contributed by atoms with Gasteiger partial charge in [0.15, 0.2) is 0 Å². The molecule has 114 valence electrons. The number of nitrogens with zero attached hydrogens (tertiary/aromatic N) is 1. The van der Waals surface area contributed by atoms with E-state index in [0.717, 1.165) is 5.69 Å². The summed E-state index contributed by atoms with van der Waals surface area (Å²) in [6, 6.07) is 7.47. The molecule has 1 unspecified atom stereocenters. The van der Waals surface area contributed by atoms with Crippen molar-refractivity contribution in [2.45, 2.75) is 38.8 Å². The smallest absolute Gasteiger partial charge is 0.245 e. The molecular formula is C16H23N3O2.